The van der Waals surface area contributed by atoms with E-state index in [1.165, 1.54) is 36.1 Å². The Morgan fingerprint density at radius 1 is 1.33 bits per heavy atom. The molecule has 112 valence electrons. The zero-order chi connectivity index (χ0) is 14.2. The number of likely N-dealkylation sites (tertiary alicyclic amines) is 1. The fourth-order valence-electron chi connectivity index (χ4n) is 3.59. The second-order valence-electron chi connectivity index (χ2n) is 6.41. The van der Waals surface area contributed by atoms with Crippen LogP contribution in [0.4, 0.5) is 0 Å². The molecule has 1 saturated heterocycles. The summed E-state index contributed by atoms with van der Waals surface area (Å²) in [6.45, 7) is 5.20. The molecule has 4 rings (SSSR count). The van der Waals surface area contributed by atoms with Gasteiger partial charge in [-0.2, -0.15) is 5.10 Å². The number of hydrogen-bond donors (Lipinski definition) is 0. The first-order valence-corrected chi connectivity index (χ1v) is 7.99. The average molecular weight is 286 g/mol. The maximum atomic E-state index is 5.52. The monoisotopic (exact) mass is 286 g/mol. The zero-order valence-electron chi connectivity index (χ0n) is 12.6. The highest BCUT2D eigenvalue weighted by atomic mass is 16.5. The van der Waals surface area contributed by atoms with Gasteiger partial charge in [-0.3, -0.25) is 9.58 Å². The van der Waals surface area contributed by atoms with Gasteiger partial charge in [-0.05, 0) is 38.2 Å². The van der Waals surface area contributed by atoms with Gasteiger partial charge in [-0.1, -0.05) is 5.16 Å². The molecule has 0 N–H and O–H groups in total. The third-order valence-corrected chi connectivity index (χ3v) is 4.76. The molecule has 0 saturated carbocycles. The maximum absolute atomic E-state index is 5.52. The second kappa shape index (κ2) is 5.30. The van der Waals surface area contributed by atoms with E-state index in [2.05, 4.69) is 33.0 Å². The first-order valence-electron chi connectivity index (χ1n) is 7.99. The van der Waals surface area contributed by atoms with Gasteiger partial charge in [0.15, 0.2) is 0 Å². The smallest absolute Gasteiger partial charge is 0.140 e. The third-order valence-electron chi connectivity index (χ3n) is 4.76. The molecule has 5 heteroatoms. The van der Waals surface area contributed by atoms with Crippen LogP contribution in [0, 0.1) is 6.92 Å². The van der Waals surface area contributed by atoms with Crippen molar-refractivity contribution in [2.75, 3.05) is 13.1 Å². The summed E-state index contributed by atoms with van der Waals surface area (Å²) in [6.07, 6.45) is 9.98. The van der Waals surface area contributed by atoms with Crippen LogP contribution >= 0.6 is 0 Å². The maximum Gasteiger partial charge on any atom is 0.140 e. The number of aromatic nitrogens is 3. The summed E-state index contributed by atoms with van der Waals surface area (Å²) in [5.41, 5.74) is 3.79. The van der Waals surface area contributed by atoms with E-state index in [9.17, 15) is 0 Å². The van der Waals surface area contributed by atoms with Gasteiger partial charge >= 0.3 is 0 Å². The van der Waals surface area contributed by atoms with Crippen LogP contribution in [0.1, 0.15) is 47.9 Å². The number of fused-ring (bicyclic) bond motifs is 1. The van der Waals surface area contributed by atoms with Crippen molar-refractivity contribution in [3.63, 3.8) is 0 Å². The molecule has 1 aliphatic carbocycles. The quantitative estimate of drug-likeness (QED) is 0.870. The van der Waals surface area contributed by atoms with Crippen molar-refractivity contribution in [3.05, 3.63) is 35.0 Å². The van der Waals surface area contributed by atoms with E-state index in [0.717, 1.165) is 38.2 Å². The largest absolute Gasteiger partial charge is 0.361 e. The highest BCUT2D eigenvalue weighted by Crippen LogP contribution is 2.27. The summed E-state index contributed by atoms with van der Waals surface area (Å²) in [6, 6.07) is 0.501. The van der Waals surface area contributed by atoms with Crippen molar-refractivity contribution in [3.8, 4) is 0 Å². The Morgan fingerprint density at radius 3 is 3.10 bits per heavy atom. The number of rotatable bonds is 3. The number of hydrogen-bond acceptors (Lipinski definition) is 4. The minimum Gasteiger partial charge on any atom is -0.361 e. The summed E-state index contributed by atoms with van der Waals surface area (Å²) >= 11 is 0. The first-order chi connectivity index (χ1) is 10.3. The van der Waals surface area contributed by atoms with Gasteiger partial charge in [0.1, 0.15) is 11.5 Å². The lowest BCUT2D eigenvalue weighted by molar-refractivity contribution is 0.296. The van der Waals surface area contributed by atoms with Crippen molar-refractivity contribution in [2.24, 2.45) is 0 Å². The topological polar surface area (TPSA) is 47.1 Å². The lowest BCUT2D eigenvalue weighted by Crippen LogP contribution is -2.22. The highest BCUT2D eigenvalue weighted by Gasteiger charge is 2.27. The van der Waals surface area contributed by atoms with Gasteiger partial charge in [0.2, 0.25) is 0 Å². The first kappa shape index (κ1) is 13.1. The summed E-state index contributed by atoms with van der Waals surface area (Å²) in [5, 5.41) is 8.78. The minimum absolute atomic E-state index is 0.501. The highest BCUT2D eigenvalue weighted by molar-refractivity contribution is 5.25. The van der Waals surface area contributed by atoms with Crippen molar-refractivity contribution < 1.29 is 4.52 Å². The van der Waals surface area contributed by atoms with Gasteiger partial charge in [0.05, 0.1) is 12.2 Å². The summed E-state index contributed by atoms with van der Waals surface area (Å²) < 4.78 is 7.64. The molecule has 21 heavy (non-hydrogen) atoms. The molecule has 3 heterocycles. The molecule has 1 aliphatic heterocycles. The van der Waals surface area contributed by atoms with E-state index < -0.39 is 0 Å². The Labute approximate surface area is 124 Å². The molecule has 1 atom stereocenters. The zero-order valence-corrected chi connectivity index (χ0v) is 12.6. The third kappa shape index (κ3) is 2.50. The van der Waals surface area contributed by atoms with Crippen molar-refractivity contribution >= 4 is 0 Å². The molecule has 2 aliphatic rings. The minimum atomic E-state index is 0.501. The molecule has 0 spiro atoms. The molecule has 0 radical (unpaired) electrons. The van der Waals surface area contributed by atoms with Crippen LogP contribution in [0.25, 0.3) is 0 Å². The predicted molar refractivity (Wildman–Crippen MR) is 79.0 cm³/mol. The van der Waals surface area contributed by atoms with Gasteiger partial charge in [0.25, 0.3) is 0 Å². The normalized spacial score (nSPS) is 22.6. The van der Waals surface area contributed by atoms with E-state index in [1.54, 1.807) is 0 Å². The molecule has 1 fully saturated rings. The van der Waals surface area contributed by atoms with Crippen molar-refractivity contribution in [2.45, 2.75) is 51.6 Å². The molecular weight excluding hydrogens is 264 g/mol. The van der Waals surface area contributed by atoms with Gasteiger partial charge in [-0.15, -0.1) is 0 Å². The molecule has 2 aromatic heterocycles. The van der Waals surface area contributed by atoms with E-state index in [0.29, 0.717) is 6.04 Å². The van der Waals surface area contributed by atoms with E-state index >= 15 is 0 Å². The number of nitrogens with zero attached hydrogens (tertiary/aromatic N) is 4. The Morgan fingerprint density at radius 2 is 2.24 bits per heavy atom. The van der Waals surface area contributed by atoms with Crippen molar-refractivity contribution in [1.29, 1.82) is 0 Å². The molecule has 5 nitrogen and oxygen atoms in total. The Bertz CT molecular complexity index is 630. The standard InChI is InChI=1S/C16H22N4O/c1-12-8-17-20(9-12)13-6-7-19(10-13)11-15-14-4-2-3-5-16(14)21-18-15/h8-9,13H,2-7,10-11H2,1H3. The van der Waals surface area contributed by atoms with E-state index in [4.69, 9.17) is 4.52 Å². The van der Waals surface area contributed by atoms with Crippen LogP contribution in [0.3, 0.4) is 0 Å². The van der Waals surface area contributed by atoms with Gasteiger partial charge in [-0.25, -0.2) is 0 Å². The van der Waals surface area contributed by atoms with Gasteiger partial charge in [0, 0.05) is 37.8 Å². The fraction of sp³-hybridized carbons (Fsp3) is 0.625. The lowest BCUT2D eigenvalue weighted by Gasteiger charge is -2.16. The molecule has 1 unspecified atom stereocenters. The fourth-order valence-corrected chi connectivity index (χ4v) is 3.59. The summed E-state index contributed by atoms with van der Waals surface area (Å²) in [5.74, 6) is 1.13. The molecule has 0 aromatic carbocycles. The predicted octanol–water partition coefficient (Wildman–Crippen LogP) is 2.51. The number of aryl methyl sites for hydroxylation is 2. The van der Waals surface area contributed by atoms with E-state index in [-0.39, 0.29) is 0 Å². The lowest BCUT2D eigenvalue weighted by atomic mass is 9.96. The Hall–Kier alpha value is -1.62. The average Bonchev–Trinajstić information content (AvgIpc) is 3.20. The van der Waals surface area contributed by atoms with Crippen molar-refractivity contribution in [1.82, 2.24) is 19.8 Å². The van der Waals surface area contributed by atoms with E-state index in [1.807, 2.05) is 6.20 Å². The summed E-state index contributed by atoms with van der Waals surface area (Å²) in [4.78, 5) is 2.48. The van der Waals surface area contributed by atoms with Crippen LogP contribution in [0.5, 0.6) is 0 Å². The van der Waals surface area contributed by atoms with Crippen LogP contribution in [-0.4, -0.2) is 32.9 Å². The summed E-state index contributed by atoms with van der Waals surface area (Å²) in [7, 11) is 0. The molecule has 0 amide bonds. The Balaban J connectivity index is 1.43. The van der Waals surface area contributed by atoms with Gasteiger partial charge < -0.3 is 4.52 Å². The molecule has 0 bridgehead atoms. The molecular formula is C16H22N4O. The second-order valence-corrected chi connectivity index (χ2v) is 6.41. The van der Waals surface area contributed by atoms with Crippen LogP contribution in [-0.2, 0) is 19.4 Å². The Kier molecular flexibility index (Phi) is 3.30. The van der Waals surface area contributed by atoms with Crippen LogP contribution in [0.2, 0.25) is 0 Å². The van der Waals surface area contributed by atoms with Crippen LogP contribution in [0.15, 0.2) is 16.9 Å². The van der Waals surface area contributed by atoms with Crippen LogP contribution < -0.4 is 0 Å². The SMILES string of the molecule is Cc1cnn(C2CCN(Cc3noc4c3CCCC4)C2)c1. The molecule has 2 aromatic rings.